The fourth-order valence-corrected chi connectivity index (χ4v) is 5.24. The number of alkyl halides is 1. The Bertz CT molecular complexity index is 875. The number of fused-ring (bicyclic) bond motifs is 1. The Hall–Kier alpha value is -2.08. The number of hydrogen-bond donors (Lipinski definition) is 0. The first kappa shape index (κ1) is 21.2. The van der Waals surface area contributed by atoms with Gasteiger partial charge in [-0.3, -0.25) is 9.69 Å². The van der Waals surface area contributed by atoms with Gasteiger partial charge in [-0.1, -0.05) is 31.4 Å². The fraction of sp³-hybridized carbons (Fsp3) is 0.625. The normalized spacial score (nSPS) is 21.3. The van der Waals surface area contributed by atoms with Gasteiger partial charge in [-0.25, -0.2) is 4.39 Å². The van der Waals surface area contributed by atoms with Crippen molar-refractivity contribution in [1.29, 1.82) is 0 Å². The Morgan fingerprint density at radius 1 is 1.20 bits per heavy atom. The van der Waals surface area contributed by atoms with E-state index < -0.39 is 0 Å². The van der Waals surface area contributed by atoms with E-state index in [0.717, 1.165) is 35.3 Å². The predicted octanol–water partition coefficient (Wildman–Crippen LogP) is 4.35. The number of hydrogen-bond acceptors (Lipinski definition) is 3. The largest absolute Gasteiger partial charge is 0.495 e. The highest BCUT2D eigenvalue weighted by atomic mass is 19.1. The Kier molecular flexibility index (Phi) is 6.61. The van der Waals surface area contributed by atoms with Gasteiger partial charge in [0.1, 0.15) is 12.4 Å². The third-order valence-corrected chi connectivity index (χ3v) is 6.92. The van der Waals surface area contributed by atoms with Crippen LogP contribution in [0.4, 0.5) is 4.39 Å². The van der Waals surface area contributed by atoms with E-state index >= 15 is 0 Å². The number of methoxy groups -OCH3 is 1. The molecule has 0 N–H and O–H groups in total. The molecule has 5 nitrogen and oxygen atoms in total. The molecule has 30 heavy (non-hydrogen) atoms. The molecule has 1 aliphatic heterocycles. The predicted molar refractivity (Wildman–Crippen MR) is 118 cm³/mol. The minimum atomic E-state index is -0.341. The van der Waals surface area contributed by atoms with Gasteiger partial charge < -0.3 is 14.2 Å². The smallest absolute Gasteiger partial charge is 0.256 e. The van der Waals surface area contributed by atoms with E-state index in [-0.39, 0.29) is 18.6 Å². The summed E-state index contributed by atoms with van der Waals surface area (Å²) in [7, 11) is 1.69. The van der Waals surface area contributed by atoms with Crippen LogP contribution in [0.5, 0.6) is 5.75 Å². The number of carbonyl (C=O) groups is 1. The molecule has 0 spiro atoms. The molecule has 2 fully saturated rings. The Labute approximate surface area is 178 Å². The minimum Gasteiger partial charge on any atom is -0.495 e. The summed E-state index contributed by atoms with van der Waals surface area (Å²) in [5, 5.41) is 0.967. The van der Waals surface area contributed by atoms with Crippen LogP contribution >= 0.6 is 0 Å². The molecule has 1 aliphatic carbocycles. The molecule has 1 saturated heterocycles. The van der Waals surface area contributed by atoms with E-state index in [1.807, 2.05) is 29.3 Å². The fourth-order valence-electron chi connectivity index (χ4n) is 5.24. The summed E-state index contributed by atoms with van der Waals surface area (Å²) in [6, 6.07) is 6.14. The second kappa shape index (κ2) is 9.38. The molecule has 1 aromatic heterocycles. The second-order valence-electron chi connectivity index (χ2n) is 8.88. The number of benzene rings is 1. The molecule has 0 unspecified atom stereocenters. The van der Waals surface area contributed by atoms with Gasteiger partial charge in [-0.15, -0.1) is 0 Å². The SMILES string of the molecule is COc1cccc2c(C(=O)N3CCN(CCF)[C@@H](C)C3)cn(CC3CCCCC3)c12. The highest BCUT2D eigenvalue weighted by molar-refractivity contribution is 6.08. The van der Waals surface area contributed by atoms with Crippen molar-refractivity contribution in [2.24, 2.45) is 5.92 Å². The zero-order valence-corrected chi connectivity index (χ0v) is 18.3. The summed E-state index contributed by atoms with van der Waals surface area (Å²) >= 11 is 0. The van der Waals surface area contributed by atoms with Gasteiger partial charge in [-0.2, -0.15) is 0 Å². The van der Waals surface area contributed by atoms with Crippen LogP contribution in [-0.4, -0.2) is 66.3 Å². The van der Waals surface area contributed by atoms with Crippen LogP contribution in [0, 0.1) is 5.92 Å². The van der Waals surface area contributed by atoms with Gasteiger partial charge in [0.25, 0.3) is 5.91 Å². The van der Waals surface area contributed by atoms with Crippen molar-refractivity contribution in [3.8, 4) is 5.75 Å². The van der Waals surface area contributed by atoms with Gasteiger partial charge in [0, 0.05) is 50.3 Å². The zero-order valence-electron chi connectivity index (χ0n) is 18.3. The molecule has 1 saturated carbocycles. The number of nitrogens with zero attached hydrogens (tertiary/aromatic N) is 3. The number of halogens is 1. The van der Waals surface area contributed by atoms with Gasteiger partial charge in [0.15, 0.2) is 0 Å². The highest BCUT2D eigenvalue weighted by Gasteiger charge is 2.29. The average Bonchev–Trinajstić information content (AvgIpc) is 3.14. The third-order valence-electron chi connectivity index (χ3n) is 6.92. The van der Waals surface area contributed by atoms with Crippen molar-refractivity contribution in [2.75, 3.05) is 40.0 Å². The van der Waals surface area contributed by atoms with Crippen LogP contribution in [0.2, 0.25) is 0 Å². The zero-order chi connectivity index (χ0) is 21.1. The van der Waals surface area contributed by atoms with Crippen molar-refractivity contribution in [2.45, 2.75) is 51.6 Å². The van der Waals surface area contributed by atoms with E-state index in [1.54, 1.807) is 7.11 Å². The molecule has 6 heteroatoms. The lowest BCUT2D eigenvalue weighted by Crippen LogP contribution is -2.54. The van der Waals surface area contributed by atoms with E-state index in [4.69, 9.17) is 4.74 Å². The molecule has 1 amide bonds. The molecule has 2 aliphatic rings. The topological polar surface area (TPSA) is 37.7 Å². The first-order chi connectivity index (χ1) is 14.6. The number of ether oxygens (including phenoxy) is 1. The highest BCUT2D eigenvalue weighted by Crippen LogP contribution is 2.33. The molecule has 0 radical (unpaired) electrons. The second-order valence-corrected chi connectivity index (χ2v) is 8.88. The number of piperazine rings is 1. The Balaban J connectivity index is 1.63. The first-order valence-electron chi connectivity index (χ1n) is 11.4. The van der Waals surface area contributed by atoms with Gasteiger partial charge in [-0.05, 0) is 31.7 Å². The summed E-state index contributed by atoms with van der Waals surface area (Å²) in [6.45, 7) is 5.12. The van der Waals surface area contributed by atoms with Crippen LogP contribution in [0.25, 0.3) is 10.9 Å². The number of carbonyl (C=O) groups excluding carboxylic acids is 1. The first-order valence-corrected chi connectivity index (χ1v) is 11.4. The molecule has 4 rings (SSSR count). The van der Waals surface area contributed by atoms with Crippen LogP contribution in [0.1, 0.15) is 49.4 Å². The van der Waals surface area contributed by atoms with Crippen LogP contribution in [0.3, 0.4) is 0 Å². The molecule has 2 aromatic rings. The molecule has 2 heterocycles. The van der Waals surface area contributed by atoms with Crippen LogP contribution in [-0.2, 0) is 6.54 Å². The lowest BCUT2D eigenvalue weighted by atomic mass is 9.89. The quantitative estimate of drug-likeness (QED) is 0.704. The standard InChI is InChI=1S/C24H34FN3O2/c1-18-15-27(14-13-26(18)12-11-25)24(29)21-17-28(16-19-7-4-3-5-8-19)23-20(21)9-6-10-22(23)30-2/h6,9-10,17-19H,3-5,7-8,11-16H2,1-2H3/t18-/m0/s1. The number of aromatic nitrogens is 1. The maximum Gasteiger partial charge on any atom is 0.256 e. The summed E-state index contributed by atoms with van der Waals surface area (Å²) in [5.41, 5.74) is 1.78. The van der Waals surface area contributed by atoms with Crippen molar-refractivity contribution in [3.05, 3.63) is 30.0 Å². The van der Waals surface area contributed by atoms with E-state index in [1.165, 1.54) is 32.1 Å². The molecule has 164 valence electrons. The summed E-state index contributed by atoms with van der Waals surface area (Å²) in [5.74, 6) is 1.55. The van der Waals surface area contributed by atoms with E-state index in [9.17, 15) is 9.18 Å². The lowest BCUT2D eigenvalue weighted by Gasteiger charge is -2.39. The molecular weight excluding hydrogens is 381 g/mol. The molecule has 1 atom stereocenters. The lowest BCUT2D eigenvalue weighted by molar-refractivity contribution is 0.0502. The van der Waals surface area contributed by atoms with Gasteiger partial charge in [0.05, 0.1) is 18.2 Å². The van der Waals surface area contributed by atoms with Crippen molar-refractivity contribution in [3.63, 3.8) is 0 Å². The third kappa shape index (κ3) is 4.20. The number of rotatable bonds is 6. The summed E-state index contributed by atoms with van der Waals surface area (Å²) < 4.78 is 20.7. The number of amides is 1. The monoisotopic (exact) mass is 415 g/mol. The Morgan fingerprint density at radius 3 is 2.70 bits per heavy atom. The van der Waals surface area contributed by atoms with Crippen molar-refractivity contribution in [1.82, 2.24) is 14.4 Å². The minimum absolute atomic E-state index is 0.0717. The summed E-state index contributed by atoms with van der Waals surface area (Å²) in [4.78, 5) is 17.6. The van der Waals surface area contributed by atoms with E-state index in [2.05, 4.69) is 16.4 Å². The maximum absolute atomic E-state index is 13.5. The number of para-hydroxylation sites is 1. The van der Waals surface area contributed by atoms with Crippen molar-refractivity contribution >= 4 is 16.8 Å². The van der Waals surface area contributed by atoms with Crippen molar-refractivity contribution < 1.29 is 13.9 Å². The van der Waals surface area contributed by atoms with Crippen LogP contribution in [0.15, 0.2) is 24.4 Å². The molecule has 1 aromatic carbocycles. The van der Waals surface area contributed by atoms with Crippen LogP contribution < -0.4 is 4.74 Å². The molecule has 0 bridgehead atoms. The van der Waals surface area contributed by atoms with Gasteiger partial charge in [0.2, 0.25) is 0 Å². The van der Waals surface area contributed by atoms with E-state index in [0.29, 0.717) is 25.6 Å². The average molecular weight is 416 g/mol. The maximum atomic E-state index is 13.5. The molecular formula is C24H34FN3O2. The summed E-state index contributed by atoms with van der Waals surface area (Å²) in [6.07, 6.45) is 8.49. The van der Waals surface area contributed by atoms with Gasteiger partial charge >= 0.3 is 0 Å². The Morgan fingerprint density at radius 2 is 2.00 bits per heavy atom.